The van der Waals surface area contributed by atoms with Crippen LogP contribution in [0.25, 0.3) is 0 Å². The van der Waals surface area contributed by atoms with Crippen molar-refractivity contribution < 1.29 is 4.79 Å². The Morgan fingerprint density at radius 1 is 1.53 bits per heavy atom. The Balaban J connectivity index is 2.35. The number of anilines is 1. The fraction of sp³-hybridized carbons (Fsp3) is 0.417. The van der Waals surface area contributed by atoms with Crippen molar-refractivity contribution in [3.63, 3.8) is 0 Å². The second-order valence-corrected chi connectivity index (χ2v) is 4.17. The molecule has 1 aliphatic heterocycles. The summed E-state index contributed by atoms with van der Waals surface area (Å²) in [7, 11) is 2.07. The van der Waals surface area contributed by atoms with Gasteiger partial charge in [-0.15, -0.1) is 0 Å². The van der Waals surface area contributed by atoms with Crippen LogP contribution in [0.2, 0.25) is 0 Å². The highest BCUT2D eigenvalue weighted by Gasteiger charge is 2.18. The first-order chi connectivity index (χ1) is 7.09. The van der Waals surface area contributed by atoms with Gasteiger partial charge in [0.2, 0.25) is 0 Å². The molecule has 3 nitrogen and oxygen atoms in total. The molecule has 1 aromatic carbocycles. The van der Waals surface area contributed by atoms with E-state index in [0.717, 1.165) is 18.5 Å². The summed E-state index contributed by atoms with van der Waals surface area (Å²) in [4.78, 5) is 13.9. The van der Waals surface area contributed by atoms with Gasteiger partial charge in [-0.25, -0.2) is 0 Å². The van der Waals surface area contributed by atoms with E-state index in [2.05, 4.69) is 11.9 Å². The number of hydrogen-bond donors (Lipinski definition) is 1. The third kappa shape index (κ3) is 1.75. The van der Waals surface area contributed by atoms with Crippen molar-refractivity contribution in [1.82, 2.24) is 0 Å². The van der Waals surface area contributed by atoms with Crippen LogP contribution >= 0.6 is 0 Å². The zero-order valence-corrected chi connectivity index (χ0v) is 9.16. The fourth-order valence-electron chi connectivity index (χ4n) is 1.98. The van der Waals surface area contributed by atoms with E-state index in [4.69, 9.17) is 5.73 Å². The van der Waals surface area contributed by atoms with Gasteiger partial charge >= 0.3 is 0 Å². The Morgan fingerprint density at radius 2 is 2.27 bits per heavy atom. The van der Waals surface area contributed by atoms with Gasteiger partial charge in [-0.3, -0.25) is 4.79 Å². The fourth-order valence-corrected chi connectivity index (χ4v) is 1.98. The summed E-state index contributed by atoms with van der Waals surface area (Å²) >= 11 is 0. The monoisotopic (exact) mass is 204 g/mol. The second-order valence-electron chi connectivity index (χ2n) is 4.17. The number of benzene rings is 1. The summed E-state index contributed by atoms with van der Waals surface area (Å²) in [6, 6.07) is 5.44. The zero-order chi connectivity index (χ0) is 11.0. The molecule has 15 heavy (non-hydrogen) atoms. The summed E-state index contributed by atoms with van der Waals surface area (Å²) < 4.78 is 0. The molecule has 3 heteroatoms. The highest BCUT2D eigenvalue weighted by molar-refractivity contribution is 6.00. The Morgan fingerprint density at radius 3 is 2.93 bits per heavy atom. The normalized spacial score (nSPS) is 16.3. The number of nitrogens with two attached hydrogens (primary N) is 1. The highest BCUT2D eigenvalue weighted by atomic mass is 16.1. The standard InChI is InChI=1S/C12H16N2O/c1-8(13)12(15)10-3-4-11-9(7-10)5-6-14(11)2/h3-4,7-8H,5-6,13H2,1-2H3. The maximum Gasteiger partial charge on any atom is 0.179 e. The lowest BCUT2D eigenvalue weighted by Crippen LogP contribution is -2.26. The minimum Gasteiger partial charge on any atom is -0.374 e. The number of carbonyl (C=O) groups is 1. The van der Waals surface area contributed by atoms with Gasteiger partial charge < -0.3 is 10.6 Å². The molecule has 0 spiro atoms. The predicted molar refractivity (Wildman–Crippen MR) is 61.4 cm³/mol. The molecule has 0 bridgehead atoms. The molecule has 1 unspecified atom stereocenters. The summed E-state index contributed by atoms with van der Waals surface area (Å²) in [6.45, 7) is 2.76. The maximum absolute atomic E-state index is 11.7. The topological polar surface area (TPSA) is 46.3 Å². The van der Waals surface area contributed by atoms with Crippen LogP contribution in [0.15, 0.2) is 18.2 Å². The number of hydrogen-bond acceptors (Lipinski definition) is 3. The van der Waals surface area contributed by atoms with Crippen molar-refractivity contribution >= 4 is 11.5 Å². The number of fused-ring (bicyclic) bond motifs is 1. The molecule has 1 aliphatic rings. The van der Waals surface area contributed by atoms with E-state index in [1.165, 1.54) is 11.3 Å². The molecule has 0 aromatic heterocycles. The van der Waals surface area contributed by atoms with Crippen LogP contribution in [-0.2, 0) is 6.42 Å². The van der Waals surface area contributed by atoms with Crippen LogP contribution in [0.3, 0.4) is 0 Å². The van der Waals surface area contributed by atoms with E-state index in [0.29, 0.717) is 0 Å². The molecule has 1 heterocycles. The average Bonchev–Trinajstić information content (AvgIpc) is 2.59. The van der Waals surface area contributed by atoms with E-state index in [9.17, 15) is 4.79 Å². The SMILES string of the molecule is CC(N)C(=O)c1ccc2c(c1)CCN2C. The maximum atomic E-state index is 11.7. The van der Waals surface area contributed by atoms with E-state index in [-0.39, 0.29) is 5.78 Å². The van der Waals surface area contributed by atoms with Crippen LogP contribution in [0.1, 0.15) is 22.8 Å². The number of likely N-dealkylation sites (N-methyl/N-ethyl adjacent to an activating group) is 1. The van der Waals surface area contributed by atoms with Crippen LogP contribution < -0.4 is 10.6 Å². The number of carbonyl (C=O) groups excluding carboxylic acids is 1. The molecule has 0 fully saturated rings. The van der Waals surface area contributed by atoms with E-state index < -0.39 is 6.04 Å². The van der Waals surface area contributed by atoms with Gasteiger partial charge in [-0.1, -0.05) is 0 Å². The van der Waals surface area contributed by atoms with Crippen molar-refractivity contribution in [2.45, 2.75) is 19.4 Å². The molecule has 1 atom stereocenters. The lowest BCUT2D eigenvalue weighted by atomic mass is 10.0. The first kappa shape index (κ1) is 10.2. The Kier molecular flexibility index (Phi) is 2.49. The van der Waals surface area contributed by atoms with Crippen molar-refractivity contribution in [3.05, 3.63) is 29.3 Å². The van der Waals surface area contributed by atoms with Gasteiger partial charge in [0.25, 0.3) is 0 Å². The average molecular weight is 204 g/mol. The van der Waals surface area contributed by atoms with Gasteiger partial charge in [0, 0.05) is 24.8 Å². The third-order valence-corrected chi connectivity index (χ3v) is 2.91. The van der Waals surface area contributed by atoms with Gasteiger partial charge in [0.15, 0.2) is 5.78 Å². The van der Waals surface area contributed by atoms with E-state index in [1.54, 1.807) is 6.92 Å². The molecule has 0 aliphatic carbocycles. The number of rotatable bonds is 2. The van der Waals surface area contributed by atoms with Crippen LogP contribution in [0.5, 0.6) is 0 Å². The van der Waals surface area contributed by atoms with Crippen molar-refractivity contribution in [1.29, 1.82) is 0 Å². The first-order valence-corrected chi connectivity index (χ1v) is 5.23. The van der Waals surface area contributed by atoms with E-state index in [1.807, 2.05) is 18.2 Å². The van der Waals surface area contributed by atoms with Crippen molar-refractivity contribution in [2.24, 2.45) is 5.73 Å². The molecular weight excluding hydrogens is 188 g/mol. The lowest BCUT2D eigenvalue weighted by Gasteiger charge is -2.12. The minimum absolute atomic E-state index is 0.0207. The van der Waals surface area contributed by atoms with Gasteiger partial charge in [-0.05, 0) is 37.1 Å². The molecule has 80 valence electrons. The molecule has 1 aromatic rings. The van der Waals surface area contributed by atoms with Gasteiger partial charge in [0.1, 0.15) is 0 Å². The van der Waals surface area contributed by atoms with Crippen LogP contribution in [0.4, 0.5) is 5.69 Å². The minimum atomic E-state index is -0.415. The predicted octanol–water partition coefficient (Wildman–Crippen LogP) is 1.21. The largest absolute Gasteiger partial charge is 0.374 e. The summed E-state index contributed by atoms with van der Waals surface area (Å²) in [5.74, 6) is 0.0207. The second kappa shape index (κ2) is 3.66. The van der Waals surface area contributed by atoms with E-state index >= 15 is 0 Å². The molecule has 2 N–H and O–H groups in total. The Labute approximate surface area is 89.9 Å². The number of Topliss-reactive ketones (excluding diaryl/α,β-unsaturated/α-hetero) is 1. The van der Waals surface area contributed by atoms with Crippen molar-refractivity contribution in [2.75, 3.05) is 18.5 Å². The molecule has 2 rings (SSSR count). The lowest BCUT2D eigenvalue weighted by molar-refractivity contribution is 0.0968. The first-order valence-electron chi connectivity index (χ1n) is 5.23. The van der Waals surface area contributed by atoms with Gasteiger partial charge in [0.05, 0.1) is 6.04 Å². The van der Waals surface area contributed by atoms with Crippen LogP contribution in [0, 0.1) is 0 Å². The molecule has 0 saturated carbocycles. The molecular formula is C12H16N2O. The zero-order valence-electron chi connectivity index (χ0n) is 9.16. The van der Waals surface area contributed by atoms with Gasteiger partial charge in [-0.2, -0.15) is 0 Å². The summed E-state index contributed by atoms with van der Waals surface area (Å²) in [5, 5.41) is 0. The smallest absolute Gasteiger partial charge is 0.179 e. The summed E-state index contributed by atoms with van der Waals surface area (Å²) in [6.07, 6.45) is 1.02. The highest BCUT2D eigenvalue weighted by Crippen LogP contribution is 2.27. The quantitative estimate of drug-likeness (QED) is 0.736. The Hall–Kier alpha value is -1.35. The third-order valence-electron chi connectivity index (χ3n) is 2.91. The van der Waals surface area contributed by atoms with Crippen molar-refractivity contribution in [3.8, 4) is 0 Å². The number of ketones is 1. The molecule has 0 saturated heterocycles. The van der Waals surface area contributed by atoms with Crippen LogP contribution in [-0.4, -0.2) is 25.4 Å². The molecule has 0 radical (unpaired) electrons. The number of nitrogens with zero attached hydrogens (tertiary/aromatic N) is 1. The summed E-state index contributed by atoms with van der Waals surface area (Å²) in [5.41, 5.74) is 8.80. The molecule has 0 amide bonds. The Bertz CT molecular complexity index is 399.